The van der Waals surface area contributed by atoms with E-state index in [0.29, 0.717) is 0 Å². The summed E-state index contributed by atoms with van der Waals surface area (Å²) < 4.78 is 0. The molecule has 5 nitrogen and oxygen atoms in total. The molecule has 0 spiro atoms. The number of pyridine rings is 1. The van der Waals surface area contributed by atoms with Gasteiger partial charge in [-0.25, -0.2) is 0 Å². The van der Waals surface area contributed by atoms with Crippen LogP contribution in [0, 0.1) is 0 Å². The highest BCUT2D eigenvalue weighted by molar-refractivity contribution is 5.93. The summed E-state index contributed by atoms with van der Waals surface area (Å²) in [5.41, 5.74) is 3.03. The highest BCUT2D eigenvalue weighted by Crippen LogP contribution is 2.08. The van der Waals surface area contributed by atoms with Gasteiger partial charge in [-0.3, -0.25) is 19.7 Å². The SMILES string of the molecule is CC(=O)c1ccccc1.OCCc1ccccc1.c1ccc2ncccc2c1.c1cnccn1. The molecule has 2 aromatic heterocycles. The quantitative estimate of drug-likeness (QED) is 0.350. The minimum Gasteiger partial charge on any atom is -0.396 e. The maximum Gasteiger partial charge on any atom is 0.159 e. The van der Waals surface area contributed by atoms with E-state index >= 15 is 0 Å². The zero-order chi connectivity index (χ0) is 24.3. The fourth-order valence-electron chi connectivity index (χ4n) is 2.72. The Hall–Kier alpha value is -4.22. The van der Waals surface area contributed by atoms with Crippen LogP contribution < -0.4 is 0 Å². The summed E-state index contributed by atoms with van der Waals surface area (Å²) in [5.74, 6) is 0.121. The molecule has 0 radical (unpaired) electrons. The predicted molar refractivity (Wildman–Crippen MR) is 137 cm³/mol. The molecule has 34 heavy (non-hydrogen) atoms. The molecule has 0 aliphatic heterocycles. The molecule has 0 unspecified atom stereocenters. The van der Waals surface area contributed by atoms with Crippen molar-refractivity contribution in [1.29, 1.82) is 0 Å². The van der Waals surface area contributed by atoms with Crippen molar-refractivity contribution >= 4 is 16.7 Å². The molecule has 0 saturated heterocycles. The van der Waals surface area contributed by atoms with Gasteiger partial charge in [0, 0.05) is 48.5 Å². The van der Waals surface area contributed by atoms with E-state index in [2.05, 4.69) is 27.1 Å². The Kier molecular flexibility index (Phi) is 12.6. The minimum atomic E-state index is 0.121. The van der Waals surface area contributed by atoms with E-state index in [9.17, 15) is 4.79 Å². The van der Waals surface area contributed by atoms with Crippen molar-refractivity contribution in [2.45, 2.75) is 13.3 Å². The third-order valence-corrected chi connectivity index (χ3v) is 4.41. The van der Waals surface area contributed by atoms with Gasteiger partial charge in [-0.15, -0.1) is 0 Å². The first-order chi connectivity index (χ1) is 16.7. The molecular formula is C29H29N3O2. The Bertz CT molecular complexity index is 1090. The molecule has 0 atom stereocenters. The van der Waals surface area contributed by atoms with Crippen LogP contribution in [-0.4, -0.2) is 32.4 Å². The van der Waals surface area contributed by atoms with Gasteiger partial charge >= 0.3 is 0 Å². The smallest absolute Gasteiger partial charge is 0.159 e. The van der Waals surface area contributed by atoms with Crippen molar-refractivity contribution in [2.75, 3.05) is 6.61 Å². The number of para-hydroxylation sites is 1. The Morgan fingerprint density at radius 2 is 1.21 bits per heavy atom. The largest absolute Gasteiger partial charge is 0.396 e. The van der Waals surface area contributed by atoms with E-state index in [1.165, 1.54) is 10.9 Å². The molecule has 5 heteroatoms. The second kappa shape index (κ2) is 16.4. The Morgan fingerprint density at radius 1 is 0.676 bits per heavy atom. The number of benzene rings is 3. The zero-order valence-corrected chi connectivity index (χ0v) is 19.2. The maximum absolute atomic E-state index is 10.6. The van der Waals surface area contributed by atoms with Crippen molar-refractivity contribution in [1.82, 2.24) is 15.0 Å². The van der Waals surface area contributed by atoms with E-state index in [0.717, 1.165) is 17.5 Å². The number of aromatic nitrogens is 3. The molecule has 0 fully saturated rings. The normalized spacial score (nSPS) is 9.24. The number of fused-ring (bicyclic) bond motifs is 1. The monoisotopic (exact) mass is 451 g/mol. The van der Waals surface area contributed by atoms with Crippen LogP contribution in [0.2, 0.25) is 0 Å². The van der Waals surface area contributed by atoms with Crippen LogP contribution in [0.1, 0.15) is 22.8 Å². The van der Waals surface area contributed by atoms with Gasteiger partial charge in [-0.2, -0.15) is 0 Å². The summed E-state index contributed by atoms with van der Waals surface area (Å²) in [6, 6.07) is 31.3. The molecule has 1 N–H and O–H groups in total. The second-order valence-corrected chi connectivity index (χ2v) is 6.97. The fraction of sp³-hybridized carbons (Fsp3) is 0.103. The lowest BCUT2D eigenvalue weighted by Crippen LogP contribution is -1.88. The van der Waals surface area contributed by atoms with E-state index in [-0.39, 0.29) is 12.4 Å². The number of Topliss-reactive ketones (excluding diaryl/α,β-unsaturated/α-hetero) is 1. The maximum atomic E-state index is 10.6. The molecule has 5 rings (SSSR count). The lowest BCUT2D eigenvalue weighted by Gasteiger charge is -1.93. The first-order valence-corrected chi connectivity index (χ1v) is 10.9. The highest BCUT2D eigenvalue weighted by Gasteiger charge is 1.93. The van der Waals surface area contributed by atoms with Crippen molar-refractivity contribution in [3.05, 3.63) is 139 Å². The van der Waals surface area contributed by atoms with E-state index < -0.39 is 0 Å². The first kappa shape index (κ1) is 26.0. The molecule has 5 aromatic rings. The summed E-state index contributed by atoms with van der Waals surface area (Å²) in [4.78, 5) is 22.3. The average molecular weight is 452 g/mol. The van der Waals surface area contributed by atoms with Crippen LogP contribution in [0.3, 0.4) is 0 Å². The fourth-order valence-corrected chi connectivity index (χ4v) is 2.72. The van der Waals surface area contributed by atoms with Crippen LogP contribution in [0.4, 0.5) is 0 Å². The molecular weight excluding hydrogens is 422 g/mol. The van der Waals surface area contributed by atoms with Gasteiger partial charge in [-0.1, -0.05) is 84.9 Å². The van der Waals surface area contributed by atoms with E-state index in [1.54, 1.807) is 31.7 Å². The van der Waals surface area contributed by atoms with Crippen molar-refractivity contribution < 1.29 is 9.90 Å². The lowest BCUT2D eigenvalue weighted by atomic mass is 10.2. The molecule has 3 aromatic carbocycles. The molecule has 2 heterocycles. The van der Waals surface area contributed by atoms with E-state index in [4.69, 9.17) is 5.11 Å². The van der Waals surface area contributed by atoms with Crippen molar-refractivity contribution in [3.8, 4) is 0 Å². The summed E-state index contributed by atoms with van der Waals surface area (Å²) in [7, 11) is 0. The highest BCUT2D eigenvalue weighted by atomic mass is 16.2. The number of carbonyl (C=O) groups excluding carboxylic acids is 1. The average Bonchev–Trinajstić information content (AvgIpc) is 2.92. The third-order valence-electron chi connectivity index (χ3n) is 4.41. The number of hydrogen-bond donors (Lipinski definition) is 1. The van der Waals surface area contributed by atoms with Gasteiger partial charge in [0.05, 0.1) is 5.52 Å². The molecule has 0 aliphatic rings. The molecule has 0 saturated carbocycles. The molecule has 0 amide bonds. The Morgan fingerprint density at radius 3 is 1.71 bits per heavy atom. The number of ketones is 1. The summed E-state index contributed by atoms with van der Waals surface area (Å²) in [6.45, 7) is 1.80. The third kappa shape index (κ3) is 10.9. The predicted octanol–water partition coefficient (Wildman–Crippen LogP) is 5.82. The van der Waals surface area contributed by atoms with Gasteiger partial charge < -0.3 is 5.11 Å². The van der Waals surface area contributed by atoms with Crippen LogP contribution in [-0.2, 0) is 6.42 Å². The van der Waals surface area contributed by atoms with Crippen molar-refractivity contribution in [2.24, 2.45) is 0 Å². The molecule has 0 aliphatic carbocycles. The second-order valence-electron chi connectivity index (χ2n) is 6.97. The number of aliphatic hydroxyl groups excluding tert-OH is 1. The number of rotatable bonds is 3. The van der Waals surface area contributed by atoms with Gasteiger partial charge in [0.1, 0.15) is 0 Å². The van der Waals surface area contributed by atoms with E-state index in [1.807, 2.05) is 91.1 Å². The summed E-state index contributed by atoms with van der Waals surface area (Å²) in [6.07, 6.45) is 9.13. The molecule has 0 bridgehead atoms. The number of carbonyl (C=O) groups is 1. The van der Waals surface area contributed by atoms with Crippen molar-refractivity contribution in [3.63, 3.8) is 0 Å². The Balaban J connectivity index is 0.000000162. The lowest BCUT2D eigenvalue weighted by molar-refractivity contribution is 0.101. The van der Waals surface area contributed by atoms with Gasteiger partial charge in [0.15, 0.2) is 5.78 Å². The topological polar surface area (TPSA) is 76.0 Å². The van der Waals surface area contributed by atoms with Crippen LogP contribution >= 0.6 is 0 Å². The van der Waals surface area contributed by atoms with Gasteiger partial charge in [-0.05, 0) is 31.0 Å². The van der Waals surface area contributed by atoms with Gasteiger partial charge in [0.25, 0.3) is 0 Å². The standard InChI is InChI=1S/C9H7N.C8H8O.C8H10O.C4H4N2/c1-2-6-9-8(4-1)5-3-7-10-9;1-7(9)8-5-3-2-4-6-8;9-7-6-8-4-2-1-3-5-8;1-2-6-4-3-5-1/h1-7H;2-6H,1H3;1-5,9H,6-7H2;1-4H. The van der Waals surface area contributed by atoms with Crippen LogP contribution in [0.25, 0.3) is 10.9 Å². The number of nitrogens with zero attached hydrogens (tertiary/aromatic N) is 3. The zero-order valence-electron chi connectivity index (χ0n) is 19.2. The van der Waals surface area contributed by atoms with Crippen LogP contribution in [0.15, 0.2) is 128 Å². The Labute approximate surface area is 200 Å². The first-order valence-electron chi connectivity index (χ1n) is 10.9. The van der Waals surface area contributed by atoms with Crippen LogP contribution in [0.5, 0.6) is 0 Å². The molecule has 172 valence electrons. The number of aliphatic hydroxyl groups is 1. The minimum absolute atomic E-state index is 0.121. The number of hydrogen-bond acceptors (Lipinski definition) is 5. The summed E-state index contributed by atoms with van der Waals surface area (Å²) in [5, 5.41) is 9.72. The van der Waals surface area contributed by atoms with Gasteiger partial charge in [0.2, 0.25) is 0 Å². The summed E-state index contributed by atoms with van der Waals surface area (Å²) >= 11 is 0.